The largest absolute Gasteiger partial charge is 0.393 e. The minimum absolute atomic E-state index is 0.195. The third kappa shape index (κ3) is 6.45. The van der Waals surface area contributed by atoms with Gasteiger partial charge in [0.1, 0.15) is 0 Å². The van der Waals surface area contributed by atoms with Gasteiger partial charge in [-0.1, -0.05) is 32.1 Å². The van der Waals surface area contributed by atoms with E-state index in [1.807, 2.05) is 0 Å². The van der Waals surface area contributed by atoms with Crippen LogP contribution in [0.5, 0.6) is 0 Å². The molecule has 10 unspecified atom stereocenters. The van der Waals surface area contributed by atoms with E-state index in [0.29, 0.717) is 30.7 Å². The number of nitrogens with zero attached hydrogens (tertiary/aromatic N) is 1. The Bertz CT molecular complexity index is 1250. The molecule has 0 aromatic heterocycles. The van der Waals surface area contributed by atoms with E-state index in [9.17, 15) is 34.8 Å². The number of hydrogen-bond acceptors (Lipinski definition) is 4. The van der Waals surface area contributed by atoms with Crippen molar-refractivity contribution in [3.05, 3.63) is 0 Å². The van der Waals surface area contributed by atoms with E-state index >= 15 is 0 Å². The summed E-state index contributed by atoms with van der Waals surface area (Å²) in [4.78, 5) is 3.10. The Balaban J connectivity index is 0.923. The second-order valence-corrected chi connectivity index (χ2v) is 21.6. The van der Waals surface area contributed by atoms with Crippen molar-refractivity contribution in [2.24, 2.45) is 47.3 Å². The molecule has 280 valence electrons. The van der Waals surface area contributed by atoms with Crippen LogP contribution in [0.25, 0.3) is 0 Å². The van der Waals surface area contributed by atoms with Gasteiger partial charge in [-0.15, -0.1) is 0 Å². The molecular weight excluding hydrogens is 681 g/mol. The highest BCUT2D eigenvalue weighted by atomic mass is 32.2. The zero-order chi connectivity index (χ0) is 34.3. The van der Waals surface area contributed by atoms with Crippen molar-refractivity contribution >= 4 is 21.6 Å². The lowest BCUT2D eigenvalue weighted by molar-refractivity contribution is -0.219. The fourth-order valence-electron chi connectivity index (χ4n) is 13.8. The highest BCUT2D eigenvalue weighted by Gasteiger charge is 2.63. The molecule has 8 rings (SSSR count). The second-order valence-electron chi connectivity index (χ2n) is 17.8. The summed E-state index contributed by atoms with van der Waals surface area (Å²) in [5, 5.41) is -1.84. The van der Waals surface area contributed by atoms with Gasteiger partial charge in [-0.25, -0.2) is 8.42 Å². The van der Waals surface area contributed by atoms with E-state index < -0.39 is 57.4 Å². The summed E-state index contributed by atoms with van der Waals surface area (Å²) in [7, 11) is -4.61. The maximum absolute atomic E-state index is 14.0. The predicted molar refractivity (Wildman–Crippen MR) is 182 cm³/mol. The number of fused-ring (bicyclic) bond motifs is 7. The van der Waals surface area contributed by atoms with Crippen LogP contribution in [0.1, 0.15) is 135 Å². The topological polar surface area (TPSA) is 37.4 Å². The van der Waals surface area contributed by atoms with Gasteiger partial charge in [-0.3, -0.25) is 4.90 Å². The molecule has 49 heavy (non-hydrogen) atoms. The average molecular weight is 738 g/mol. The summed E-state index contributed by atoms with van der Waals surface area (Å²) in [6.07, 6.45) is 8.88. The Labute approximate surface area is 294 Å². The average Bonchev–Trinajstić information content (AvgIpc) is 3.63. The molecule has 0 aromatic rings. The van der Waals surface area contributed by atoms with Crippen molar-refractivity contribution in [2.75, 3.05) is 0 Å². The van der Waals surface area contributed by atoms with Crippen molar-refractivity contribution in [3.8, 4) is 0 Å². The van der Waals surface area contributed by atoms with Gasteiger partial charge in [0.2, 0.25) is 0 Å². The molecule has 2 aliphatic heterocycles. The molecule has 0 spiro atoms. The molecule has 2 saturated heterocycles. The van der Waals surface area contributed by atoms with Gasteiger partial charge in [0.05, 0.1) is 22.3 Å². The number of hydrogen-bond donors (Lipinski definition) is 0. The first-order valence-electron chi connectivity index (χ1n) is 20.1. The minimum Gasteiger partial charge on any atom is -0.293 e. The molecule has 6 saturated carbocycles. The number of likely N-dealkylation sites (tertiary alicyclic amines) is 1. The molecule has 0 bridgehead atoms. The van der Waals surface area contributed by atoms with Crippen LogP contribution in [0.4, 0.5) is 26.3 Å². The molecule has 0 radical (unpaired) electrons. The van der Waals surface area contributed by atoms with Crippen LogP contribution in [0.2, 0.25) is 0 Å². The summed E-state index contributed by atoms with van der Waals surface area (Å²) < 4.78 is 111. The van der Waals surface area contributed by atoms with Crippen LogP contribution >= 0.6 is 11.8 Å². The number of alkyl halides is 6. The van der Waals surface area contributed by atoms with Gasteiger partial charge < -0.3 is 0 Å². The van der Waals surface area contributed by atoms with Gasteiger partial charge in [-0.05, 0) is 138 Å². The first-order valence-corrected chi connectivity index (χ1v) is 22.7. The summed E-state index contributed by atoms with van der Waals surface area (Å²) >= 11 is 2.39. The standard InChI is InChI=1S/C38H57F6NO2S2/c39-37(40,41)30-8-5-9-31(38(42,43)44)36(30)49(46,47)25-18-14-23(15-19-25)22-12-16-24(17-13-22)45-32-10-3-1-6-26(32)28-20-21-29-27-7-2-4-11-33(27)48-35(29)34(28)45/h22-36H,1-21H2. The Kier molecular flexibility index (Phi) is 9.95. The molecule has 11 heteroatoms. The molecule has 6 aliphatic carbocycles. The zero-order valence-electron chi connectivity index (χ0n) is 28.9. The fourth-order valence-corrected chi connectivity index (χ4v) is 18.9. The minimum atomic E-state index is -4.96. The number of rotatable bonds is 4. The van der Waals surface area contributed by atoms with Crippen molar-refractivity contribution in [3.63, 3.8) is 0 Å². The van der Waals surface area contributed by atoms with Crippen LogP contribution < -0.4 is 0 Å². The van der Waals surface area contributed by atoms with E-state index in [0.717, 1.165) is 59.1 Å². The van der Waals surface area contributed by atoms with Crippen LogP contribution in [-0.2, 0) is 9.84 Å². The highest BCUT2D eigenvalue weighted by Crippen LogP contribution is 2.62. The second kappa shape index (κ2) is 13.6. The molecule has 2 heterocycles. The van der Waals surface area contributed by atoms with Crippen LogP contribution in [-0.4, -0.2) is 64.8 Å². The van der Waals surface area contributed by atoms with Crippen molar-refractivity contribution < 1.29 is 34.8 Å². The van der Waals surface area contributed by atoms with E-state index in [1.165, 1.54) is 77.0 Å². The van der Waals surface area contributed by atoms with E-state index in [4.69, 9.17) is 0 Å². The van der Waals surface area contributed by atoms with Gasteiger partial charge in [0, 0.05) is 28.6 Å². The summed E-state index contributed by atoms with van der Waals surface area (Å²) in [6.45, 7) is 0. The Morgan fingerprint density at radius 2 is 1.08 bits per heavy atom. The SMILES string of the molecule is O=S(=O)(C1CCC(C2CCC(N3C4CCCCC4C4CCC5C6CCCCC6SC5C43)CC2)CC1)C1C(C(F)(F)F)CCCC1C(F)(F)F. The van der Waals surface area contributed by atoms with Gasteiger partial charge in [0.25, 0.3) is 0 Å². The van der Waals surface area contributed by atoms with Crippen LogP contribution in [0.3, 0.4) is 0 Å². The maximum atomic E-state index is 14.0. The Morgan fingerprint density at radius 1 is 0.531 bits per heavy atom. The molecule has 0 aromatic carbocycles. The van der Waals surface area contributed by atoms with Crippen LogP contribution in [0.15, 0.2) is 0 Å². The van der Waals surface area contributed by atoms with Crippen molar-refractivity contribution in [1.29, 1.82) is 0 Å². The first kappa shape index (κ1) is 35.8. The Hall–Kier alpha value is -0.160. The number of thioether (sulfide) groups is 1. The maximum Gasteiger partial charge on any atom is 0.393 e. The molecule has 3 nitrogen and oxygen atoms in total. The lowest BCUT2D eigenvalue weighted by atomic mass is 9.66. The smallest absolute Gasteiger partial charge is 0.293 e. The molecule has 10 atom stereocenters. The zero-order valence-corrected chi connectivity index (χ0v) is 30.5. The molecule has 0 N–H and O–H groups in total. The molecule has 8 fully saturated rings. The highest BCUT2D eigenvalue weighted by molar-refractivity contribution is 8.00. The summed E-state index contributed by atoms with van der Waals surface area (Å²) in [5.74, 6) is -0.546. The first-order chi connectivity index (χ1) is 23.3. The van der Waals surface area contributed by atoms with Crippen molar-refractivity contribution in [1.82, 2.24) is 4.90 Å². The van der Waals surface area contributed by atoms with Gasteiger partial charge in [-0.2, -0.15) is 38.1 Å². The molecule has 0 amide bonds. The van der Waals surface area contributed by atoms with Gasteiger partial charge >= 0.3 is 12.4 Å². The lowest BCUT2D eigenvalue weighted by Gasteiger charge is -2.48. The van der Waals surface area contributed by atoms with Crippen molar-refractivity contribution in [2.45, 2.75) is 186 Å². The third-order valence-electron chi connectivity index (χ3n) is 15.8. The van der Waals surface area contributed by atoms with E-state index in [-0.39, 0.29) is 19.3 Å². The fraction of sp³-hybridized carbons (Fsp3) is 1.00. The molecule has 8 aliphatic rings. The number of sulfone groups is 1. The Morgan fingerprint density at radius 3 is 1.71 bits per heavy atom. The number of halogens is 6. The van der Waals surface area contributed by atoms with E-state index in [1.54, 1.807) is 0 Å². The van der Waals surface area contributed by atoms with Gasteiger partial charge in [0.15, 0.2) is 9.84 Å². The summed E-state index contributed by atoms with van der Waals surface area (Å²) in [5.41, 5.74) is 0. The van der Waals surface area contributed by atoms with Crippen LogP contribution in [0, 0.1) is 47.3 Å². The van der Waals surface area contributed by atoms with E-state index in [2.05, 4.69) is 16.7 Å². The predicted octanol–water partition coefficient (Wildman–Crippen LogP) is 10.4. The normalized spacial score (nSPS) is 48.3. The molecular formula is C38H57F6NO2S2. The quantitative estimate of drug-likeness (QED) is 0.269. The lowest BCUT2D eigenvalue weighted by Crippen LogP contribution is -2.54. The summed E-state index contributed by atoms with van der Waals surface area (Å²) in [6, 6.07) is 2.07. The third-order valence-corrected chi connectivity index (χ3v) is 20.5. The monoisotopic (exact) mass is 737 g/mol.